The van der Waals surface area contributed by atoms with E-state index in [0.717, 1.165) is 0 Å². The highest BCUT2D eigenvalue weighted by Gasteiger charge is 2.29. The van der Waals surface area contributed by atoms with E-state index in [9.17, 15) is 9.59 Å². The summed E-state index contributed by atoms with van der Waals surface area (Å²) in [5.74, 6) is 0.0605. The van der Waals surface area contributed by atoms with Crippen LogP contribution in [0.4, 0.5) is 5.69 Å². The molecule has 0 aromatic heterocycles. The molecule has 0 bridgehead atoms. The summed E-state index contributed by atoms with van der Waals surface area (Å²) in [5, 5.41) is 5.25. The van der Waals surface area contributed by atoms with Crippen LogP contribution in [0.25, 0.3) is 0 Å². The topological polar surface area (TPSA) is 93.5 Å². The third-order valence-electron chi connectivity index (χ3n) is 3.45. The first-order chi connectivity index (χ1) is 9.95. The Bertz CT molecular complexity index is 499. The minimum absolute atomic E-state index is 0.0708. The Balaban J connectivity index is 2.72. The number of likely N-dealkylation sites (N-methyl/N-ethyl adjacent to an activating group) is 1. The molecule has 21 heavy (non-hydrogen) atoms. The normalized spacial score (nSPS) is 10.9. The van der Waals surface area contributed by atoms with Gasteiger partial charge < -0.3 is 21.1 Å². The third-order valence-corrected chi connectivity index (χ3v) is 3.45. The Hall–Kier alpha value is -2.08. The van der Waals surface area contributed by atoms with Crippen LogP contribution in [0.3, 0.4) is 0 Å². The Labute approximate surface area is 125 Å². The third kappa shape index (κ3) is 4.75. The highest BCUT2D eigenvalue weighted by Crippen LogP contribution is 2.20. The fourth-order valence-corrected chi connectivity index (χ4v) is 1.71. The zero-order valence-corrected chi connectivity index (χ0v) is 12.7. The van der Waals surface area contributed by atoms with E-state index in [1.54, 1.807) is 31.3 Å². The summed E-state index contributed by atoms with van der Waals surface area (Å²) in [6.07, 6.45) is 1.12. The number of anilines is 1. The van der Waals surface area contributed by atoms with Crippen molar-refractivity contribution < 1.29 is 14.3 Å². The number of ether oxygens (including phenoxy) is 1. The molecule has 4 N–H and O–H groups in total. The molecule has 0 aliphatic heterocycles. The Morgan fingerprint density at radius 3 is 2.52 bits per heavy atom. The second-order valence-corrected chi connectivity index (χ2v) is 4.81. The summed E-state index contributed by atoms with van der Waals surface area (Å²) >= 11 is 0. The van der Waals surface area contributed by atoms with Gasteiger partial charge >= 0.3 is 0 Å². The molecule has 6 nitrogen and oxygen atoms in total. The van der Waals surface area contributed by atoms with E-state index in [4.69, 9.17) is 10.5 Å². The standard InChI is InChI=1S/C15H23N3O3/c1-4-15(16,5-2)14(20)18-11-7-6-8-12(9-11)21-10-13(19)17-3/h6-9H,4-5,10,16H2,1-3H3,(H,17,19)(H,18,20). The fourth-order valence-electron chi connectivity index (χ4n) is 1.71. The lowest BCUT2D eigenvalue weighted by Crippen LogP contribution is -2.50. The summed E-state index contributed by atoms with van der Waals surface area (Å²) < 4.78 is 5.32. The number of nitrogens with one attached hydrogen (secondary N) is 2. The summed E-state index contributed by atoms with van der Waals surface area (Å²) in [4.78, 5) is 23.3. The largest absolute Gasteiger partial charge is 0.484 e. The minimum atomic E-state index is -0.876. The molecule has 0 saturated carbocycles. The maximum Gasteiger partial charge on any atom is 0.257 e. The number of nitrogens with two attached hydrogens (primary N) is 1. The Kier molecular flexibility index (Phi) is 6.17. The molecule has 0 fully saturated rings. The molecule has 0 heterocycles. The molecule has 0 spiro atoms. The van der Waals surface area contributed by atoms with Gasteiger partial charge in [-0.1, -0.05) is 19.9 Å². The van der Waals surface area contributed by atoms with Crippen LogP contribution in [0, 0.1) is 0 Å². The van der Waals surface area contributed by atoms with Crippen LogP contribution in [-0.2, 0) is 9.59 Å². The van der Waals surface area contributed by atoms with Gasteiger partial charge in [-0.2, -0.15) is 0 Å². The van der Waals surface area contributed by atoms with Crippen LogP contribution in [0.15, 0.2) is 24.3 Å². The molecule has 0 aliphatic carbocycles. The van der Waals surface area contributed by atoms with Gasteiger partial charge in [0.25, 0.3) is 5.91 Å². The molecule has 0 atom stereocenters. The van der Waals surface area contributed by atoms with Gasteiger partial charge in [-0.15, -0.1) is 0 Å². The lowest BCUT2D eigenvalue weighted by Gasteiger charge is -2.25. The molecule has 1 aromatic carbocycles. The molecule has 1 aromatic rings. The van der Waals surface area contributed by atoms with Crippen LogP contribution in [0.2, 0.25) is 0 Å². The van der Waals surface area contributed by atoms with Crippen molar-refractivity contribution in [2.24, 2.45) is 5.73 Å². The summed E-state index contributed by atoms with van der Waals surface area (Å²) in [7, 11) is 1.54. The molecule has 2 amide bonds. The summed E-state index contributed by atoms with van der Waals surface area (Å²) in [6.45, 7) is 3.69. The SMILES string of the molecule is CCC(N)(CC)C(=O)Nc1cccc(OCC(=O)NC)c1. The van der Waals surface area contributed by atoms with Gasteiger partial charge in [0.15, 0.2) is 6.61 Å². The van der Waals surface area contributed by atoms with E-state index in [1.807, 2.05) is 13.8 Å². The van der Waals surface area contributed by atoms with Gasteiger partial charge in [-0.3, -0.25) is 9.59 Å². The van der Waals surface area contributed by atoms with Crippen LogP contribution in [0.5, 0.6) is 5.75 Å². The van der Waals surface area contributed by atoms with Gasteiger partial charge in [0, 0.05) is 18.8 Å². The van der Waals surface area contributed by atoms with Crippen molar-refractivity contribution in [1.82, 2.24) is 5.32 Å². The average Bonchev–Trinajstić information content (AvgIpc) is 2.51. The van der Waals surface area contributed by atoms with Crippen molar-refractivity contribution in [1.29, 1.82) is 0 Å². The quantitative estimate of drug-likeness (QED) is 0.705. The molecule has 1 rings (SSSR count). The number of hydrogen-bond acceptors (Lipinski definition) is 4. The molecule has 6 heteroatoms. The van der Waals surface area contributed by atoms with E-state index in [1.165, 1.54) is 0 Å². The van der Waals surface area contributed by atoms with Crippen molar-refractivity contribution in [2.45, 2.75) is 32.2 Å². The van der Waals surface area contributed by atoms with Gasteiger partial charge in [0.2, 0.25) is 5.91 Å². The van der Waals surface area contributed by atoms with E-state index < -0.39 is 5.54 Å². The number of carbonyl (C=O) groups is 2. The van der Waals surface area contributed by atoms with Gasteiger partial charge in [0.05, 0.1) is 5.54 Å². The molecule has 0 aliphatic rings. The van der Waals surface area contributed by atoms with Crippen LogP contribution in [-0.4, -0.2) is 31.0 Å². The van der Waals surface area contributed by atoms with Crippen LogP contribution >= 0.6 is 0 Å². The first-order valence-electron chi connectivity index (χ1n) is 6.99. The average molecular weight is 293 g/mol. The number of benzene rings is 1. The highest BCUT2D eigenvalue weighted by molar-refractivity contribution is 5.98. The van der Waals surface area contributed by atoms with Crippen LogP contribution in [0.1, 0.15) is 26.7 Å². The summed E-state index contributed by atoms with van der Waals surface area (Å²) in [5.41, 5.74) is 5.76. The molecule has 0 saturated heterocycles. The van der Waals surface area contributed by atoms with E-state index in [2.05, 4.69) is 10.6 Å². The number of carbonyl (C=O) groups excluding carboxylic acids is 2. The minimum Gasteiger partial charge on any atom is -0.484 e. The number of rotatable bonds is 7. The van der Waals surface area contributed by atoms with Gasteiger partial charge in [-0.05, 0) is 25.0 Å². The van der Waals surface area contributed by atoms with Crippen molar-refractivity contribution in [3.05, 3.63) is 24.3 Å². The van der Waals surface area contributed by atoms with E-state index >= 15 is 0 Å². The lowest BCUT2D eigenvalue weighted by molar-refractivity contribution is -0.123. The second kappa shape index (κ2) is 7.64. The van der Waals surface area contributed by atoms with Gasteiger partial charge in [0.1, 0.15) is 5.75 Å². The van der Waals surface area contributed by atoms with E-state index in [0.29, 0.717) is 24.3 Å². The highest BCUT2D eigenvalue weighted by atomic mass is 16.5. The Morgan fingerprint density at radius 1 is 1.29 bits per heavy atom. The van der Waals surface area contributed by atoms with Gasteiger partial charge in [-0.25, -0.2) is 0 Å². The maximum absolute atomic E-state index is 12.2. The monoisotopic (exact) mass is 293 g/mol. The smallest absolute Gasteiger partial charge is 0.257 e. The fraction of sp³-hybridized carbons (Fsp3) is 0.467. The summed E-state index contributed by atoms with van der Waals surface area (Å²) in [6, 6.07) is 6.86. The first kappa shape index (κ1) is 17.0. The van der Waals surface area contributed by atoms with Crippen LogP contribution < -0.4 is 21.1 Å². The molecule has 116 valence electrons. The number of amides is 2. The van der Waals surface area contributed by atoms with E-state index in [-0.39, 0.29) is 18.4 Å². The van der Waals surface area contributed by atoms with Crippen molar-refractivity contribution in [3.63, 3.8) is 0 Å². The lowest BCUT2D eigenvalue weighted by atomic mass is 9.93. The molecular formula is C15H23N3O3. The molecule has 0 radical (unpaired) electrons. The zero-order valence-electron chi connectivity index (χ0n) is 12.7. The number of hydrogen-bond donors (Lipinski definition) is 3. The van der Waals surface area contributed by atoms with Crippen molar-refractivity contribution >= 4 is 17.5 Å². The Morgan fingerprint density at radius 2 is 1.95 bits per heavy atom. The maximum atomic E-state index is 12.2. The predicted octanol–water partition coefficient (Wildman–Crippen LogP) is 1.27. The first-order valence-corrected chi connectivity index (χ1v) is 6.99. The van der Waals surface area contributed by atoms with Crippen molar-refractivity contribution in [2.75, 3.05) is 19.0 Å². The molecular weight excluding hydrogens is 270 g/mol. The predicted molar refractivity (Wildman–Crippen MR) is 82.1 cm³/mol. The molecule has 0 unspecified atom stereocenters. The zero-order chi connectivity index (χ0) is 15.9. The van der Waals surface area contributed by atoms with Crippen molar-refractivity contribution in [3.8, 4) is 5.75 Å². The second-order valence-electron chi connectivity index (χ2n) is 4.81.